The van der Waals surface area contributed by atoms with Gasteiger partial charge >= 0.3 is 5.97 Å². The molecule has 0 aliphatic carbocycles. The van der Waals surface area contributed by atoms with Crippen molar-refractivity contribution in [2.75, 3.05) is 6.61 Å². The Morgan fingerprint density at radius 3 is 2.58 bits per heavy atom. The highest BCUT2D eigenvalue weighted by Gasteiger charge is 2.30. The molecule has 5 nitrogen and oxygen atoms in total. The number of hydrogen-bond donors (Lipinski definition) is 2. The first-order chi connectivity index (χ1) is 11.6. The van der Waals surface area contributed by atoms with Crippen LogP contribution in [-0.4, -0.2) is 29.6 Å². The van der Waals surface area contributed by atoms with E-state index in [9.17, 15) is 14.7 Å². The molecule has 2 N–H and O–H groups in total. The molecule has 2 aromatic rings. The topological polar surface area (TPSA) is 75.6 Å². The van der Waals surface area contributed by atoms with E-state index >= 15 is 0 Å². The van der Waals surface area contributed by atoms with Crippen molar-refractivity contribution in [2.24, 2.45) is 0 Å². The molecule has 1 unspecified atom stereocenters. The van der Waals surface area contributed by atoms with Crippen molar-refractivity contribution in [3.63, 3.8) is 0 Å². The summed E-state index contributed by atoms with van der Waals surface area (Å²) in [6, 6.07) is 15.8. The normalized spacial score (nSPS) is 17.6. The van der Waals surface area contributed by atoms with Gasteiger partial charge in [0.15, 0.2) is 6.10 Å². The van der Waals surface area contributed by atoms with E-state index in [1.807, 2.05) is 54.6 Å². The van der Waals surface area contributed by atoms with Gasteiger partial charge in [0.05, 0.1) is 6.61 Å². The van der Waals surface area contributed by atoms with Gasteiger partial charge in [0.25, 0.3) is 5.91 Å². The highest BCUT2D eigenvalue weighted by Crippen LogP contribution is 2.27. The number of carboxylic acids is 1. The van der Waals surface area contributed by atoms with Crippen LogP contribution < -0.4 is 5.32 Å². The minimum Gasteiger partial charge on any atom is -0.480 e. The Hall–Kier alpha value is -2.66. The van der Waals surface area contributed by atoms with Crippen LogP contribution in [0.3, 0.4) is 0 Å². The van der Waals surface area contributed by atoms with Gasteiger partial charge in [0.1, 0.15) is 6.04 Å². The van der Waals surface area contributed by atoms with Gasteiger partial charge < -0.3 is 15.2 Å². The molecule has 0 bridgehead atoms. The molecule has 3 rings (SSSR count). The van der Waals surface area contributed by atoms with Crippen molar-refractivity contribution in [1.29, 1.82) is 0 Å². The third-order valence-electron chi connectivity index (χ3n) is 4.13. The fourth-order valence-corrected chi connectivity index (χ4v) is 2.91. The maximum atomic E-state index is 12.6. The standard InChI is InChI=1S/C19H19NO4/c21-18(17-15-9-5-4-8-14(15)10-11-24-17)20-16(19(22)23)12-13-6-2-1-3-7-13/h1-9,16-17H,10-12H2,(H,20,21)(H,22,23)/t16-,17?/m1/s1. The quantitative estimate of drug-likeness (QED) is 0.883. The van der Waals surface area contributed by atoms with Crippen LogP contribution in [0.5, 0.6) is 0 Å². The van der Waals surface area contributed by atoms with Crippen molar-refractivity contribution < 1.29 is 19.4 Å². The monoisotopic (exact) mass is 325 g/mol. The summed E-state index contributed by atoms with van der Waals surface area (Å²) in [6.07, 6.45) is 0.232. The zero-order chi connectivity index (χ0) is 16.9. The van der Waals surface area contributed by atoms with E-state index in [2.05, 4.69) is 5.32 Å². The van der Waals surface area contributed by atoms with Gasteiger partial charge in [0, 0.05) is 6.42 Å². The summed E-state index contributed by atoms with van der Waals surface area (Å²) >= 11 is 0. The van der Waals surface area contributed by atoms with Crippen molar-refractivity contribution in [3.8, 4) is 0 Å². The summed E-state index contributed by atoms with van der Waals surface area (Å²) in [6.45, 7) is 0.450. The van der Waals surface area contributed by atoms with E-state index in [-0.39, 0.29) is 6.42 Å². The molecule has 0 fully saturated rings. The van der Waals surface area contributed by atoms with Gasteiger partial charge in [-0.25, -0.2) is 4.79 Å². The minimum absolute atomic E-state index is 0.232. The SMILES string of the molecule is O=C(N[C@H](Cc1ccccc1)C(=O)O)C1OCCc2ccccc21. The second-order valence-corrected chi connectivity index (χ2v) is 5.79. The highest BCUT2D eigenvalue weighted by atomic mass is 16.5. The predicted octanol–water partition coefficient (Wildman–Crippen LogP) is 2.11. The number of fused-ring (bicyclic) bond motifs is 1. The summed E-state index contributed by atoms with van der Waals surface area (Å²) in [7, 11) is 0. The lowest BCUT2D eigenvalue weighted by molar-refractivity contribution is -0.144. The van der Waals surface area contributed by atoms with Crippen LogP contribution in [0.2, 0.25) is 0 Å². The summed E-state index contributed by atoms with van der Waals surface area (Å²) in [5, 5.41) is 12.0. The lowest BCUT2D eigenvalue weighted by Crippen LogP contribution is -2.45. The predicted molar refractivity (Wildman–Crippen MR) is 88.6 cm³/mol. The van der Waals surface area contributed by atoms with E-state index in [0.717, 1.165) is 23.1 Å². The Balaban J connectivity index is 1.74. The van der Waals surface area contributed by atoms with E-state index < -0.39 is 24.0 Å². The second kappa shape index (κ2) is 7.27. The van der Waals surface area contributed by atoms with Crippen LogP contribution >= 0.6 is 0 Å². The van der Waals surface area contributed by atoms with Crippen LogP contribution in [0.4, 0.5) is 0 Å². The van der Waals surface area contributed by atoms with E-state index in [4.69, 9.17) is 4.74 Å². The van der Waals surface area contributed by atoms with Crippen molar-refractivity contribution in [3.05, 3.63) is 71.3 Å². The van der Waals surface area contributed by atoms with E-state index in [1.165, 1.54) is 0 Å². The molecule has 0 aromatic heterocycles. The number of nitrogens with one attached hydrogen (secondary N) is 1. The molecule has 2 aromatic carbocycles. The van der Waals surface area contributed by atoms with Crippen LogP contribution in [0, 0.1) is 0 Å². The van der Waals surface area contributed by atoms with Crippen LogP contribution in [0.25, 0.3) is 0 Å². The number of hydrogen-bond acceptors (Lipinski definition) is 3. The van der Waals surface area contributed by atoms with Crippen molar-refractivity contribution in [2.45, 2.75) is 25.0 Å². The molecule has 1 heterocycles. The first-order valence-corrected chi connectivity index (χ1v) is 7.91. The number of carbonyl (C=O) groups is 2. The lowest BCUT2D eigenvalue weighted by Gasteiger charge is -2.26. The number of aliphatic carboxylic acids is 1. The Morgan fingerprint density at radius 2 is 1.83 bits per heavy atom. The average molecular weight is 325 g/mol. The first kappa shape index (κ1) is 16.2. The number of carboxylic acid groups (broad SMARTS) is 1. The van der Waals surface area contributed by atoms with Gasteiger partial charge in [-0.15, -0.1) is 0 Å². The molecule has 1 aliphatic rings. The number of rotatable bonds is 5. The summed E-state index contributed by atoms with van der Waals surface area (Å²) < 4.78 is 5.59. The molecule has 0 spiro atoms. The Kier molecular flexibility index (Phi) is 4.91. The lowest BCUT2D eigenvalue weighted by atomic mass is 9.96. The number of benzene rings is 2. The van der Waals surface area contributed by atoms with Gasteiger partial charge in [0.2, 0.25) is 0 Å². The fraction of sp³-hybridized carbons (Fsp3) is 0.263. The summed E-state index contributed by atoms with van der Waals surface area (Å²) in [5.74, 6) is -1.47. The van der Waals surface area contributed by atoms with Gasteiger partial charge in [-0.05, 0) is 23.1 Å². The molecule has 1 amide bonds. The molecule has 0 radical (unpaired) electrons. The first-order valence-electron chi connectivity index (χ1n) is 7.91. The molecular formula is C19H19NO4. The Labute approximate surface area is 140 Å². The molecule has 5 heteroatoms. The third kappa shape index (κ3) is 3.63. The molecule has 0 saturated heterocycles. The number of carbonyl (C=O) groups excluding carboxylic acids is 1. The van der Waals surface area contributed by atoms with Gasteiger partial charge in [-0.1, -0.05) is 54.6 Å². The zero-order valence-electron chi connectivity index (χ0n) is 13.1. The zero-order valence-corrected chi connectivity index (χ0v) is 13.1. The maximum Gasteiger partial charge on any atom is 0.326 e. The van der Waals surface area contributed by atoms with Crippen molar-refractivity contribution in [1.82, 2.24) is 5.32 Å². The molecule has 0 saturated carbocycles. The minimum atomic E-state index is -1.06. The van der Waals surface area contributed by atoms with E-state index in [1.54, 1.807) is 0 Å². The number of amides is 1. The Morgan fingerprint density at radius 1 is 1.12 bits per heavy atom. The van der Waals surface area contributed by atoms with Gasteiger partial charge in [-0.2, -0.15) is 0 Å². The molecule has 2 atom stereocenters. The van der Waals surface area contributed by atoms with Crippen LogP contribution in [0.1, 0.15) is 22.8 Å². The smallest absolute Gasteiger partial charge is 0.326 e. The summed E-state index contributed by atoms with van der Waals surface area (Å²) in [5.41, 5.74) is 2.74. The van der Waals surface area contributed by atoms with E-state index in [0.29, 0.717) is 6.61 Å². The second-order valence-electron chi connectivity index (χ2n) is 5.79. The van der Waals surface area contributed by atoms with Crippen molar-refractivity contribution >= 4 is 11.9 Å². The third-order valence-corrected chi connectivity index (χ3v) is 4.13. The number of ether oxygens (including phenoxy) is 1. The molecule has 1 aliphatic heterocycles. The largest absolute Gasteiger partial charge is 0.480 e. The van der Waals surface area contributed by atoms with Crippen LogP contribution in [-0.2, 0) is 27.2 Å². The average Bonchev–Trinajstić information content (AvgIpc) is 2.61. The molecule has 24 heavy (non-hydrogen) atoms. The van der Waals surface area contributed by atoms with Crippen LogP contribution in [0.15, 0.2) is 54.6 Å². The molecule has 124 valence electrons. The Bertz CT molecular complexity index is 729. The molecular weight excluding hydrogens is 306 g/mol. The highest BCUT2D eigenvalue weighted by molar-refractivity contribution is 5.87. The van der Waals surface area contributed by atoms with Gasteiger partial charge in [-0.3, -0.25) is 4.79 Å². The maximum absolute atomic E-state index is 12.6. The fourth-order valence-electron chi connectivity index (χ4n) is 2.91. The summed E-state index contributed by atoms with van der Waals surface area (Å²) in [4.78, 5) is 24.1.